The van der Waals surface area contributed by atoms with Gasteiger partial charge in [-0.3, -0.25) is 14.5 Å². The molecule has 3 atom stereocenters. The molecule has 106 valence electrons. The first-order valence-corrected chi connectivity index (χ1v) is 7.33. The van der Waals surface area contributed by atoms with Crippen LogP contribution in [0.2, 0.25) is 0 Å². The second-order valence-electron chi connectivity index (χ2n) is 6.12. The molecule has 0 radical (unpaired) electrons. The van der Waals surface area contributed by atoms with Gasteiger partial charge in [-0.1, -0.05) is 12.8 Å². The second kappa shape index (κ2) is 4.56. The zero-order valence-corrected chi connectivity index (χ0v) is 11.4. The highest BCUT2D eigenvalue weighted by Gasteiger charge is 2.58. The molecule has 1 spiro atoms. The van der Waals surface area contributed by atoms with Crippen molar-refractivity contribution in [3.05, 3.63) is 0 Å². The molecule has 2 saturated carbocycles. The molecule has 5 heteroatoms. The number of imide groups is 1. The lowest BCUT2D eigenvalue weighted by molar-refractivity contribution is -0.156. The normalized spacial score (nSPS) is 37.2. The Bertz CT molecular complexity index is 401. The van der Waals surface area contributed by atoms with Gasteiger partial charge in [-0.05, 0) is 26.2 Å². The van der Waals surface area contributed by atoms with E-state index >= 15 is 0 Å². The molecule has 2 aliphatic carbocycles. The molecule has 0 bridgehead atoms. The van der Waals surface area contributed by atoms with E-state index in [1.165, 1.54) is 4.90 Å². The molecule has 0 aromatic heterocycles. The average molecular weight is 266 g/mol. The monoisotopic (exact) mass is 266 g/mol. The van der Waals surface area contributed by atoms with Crippen molar-refractivity contribution in [2.45, 2.75) is 63.6 Å². The molecule has 19 heavy (non-hydrogen) atoms. The standard InChI is InChI=1S/C14H22N2O3/c1-2-19-10-7-9(15)12(10)16-11(17)8-14(13(16)18)5-3-4-6-14/h9-10,12H,2-8,15H2,1H3. The van der Waals surface area contributed by atoms with Gasteiger partial charge in [0.1, 0.15) is 0 Å². The summed E-state index contributed by atoms with van der Waals surface area (Å²) in [5.74, 6) is -0.0309. The van der Waals surface area contributed by atoms with E-state index in [-0.39, 0.29) is 30.0 Å². The SMILES string of the molecule is CCOC1CC(N)C1N1C(=O)CC2(CCCC2)C1=O. The zero-order valence-electron chi connectivity index (χ0n) is 11.4. The van der Waals surface area contributed by atoms with Gasteiger partial charge in [-0.25, -0.2) is 0 Å². The van der Waals surface area contributed by atoms with Crippen molar-refractivity contribution in [1.29, 1.82) is 0 Å². The average Bonchev–Trinajstić information content (AvgIpc) is 2.91. The molecule has 3 unspecified atom stereocenters. The van der Waals surface area contributed by atoms with Gasteiger partial charge in [0, 0.05) is 19.1 Å². The first kappa shape index (κ1) is 13.1. The maximum atomic E-state index is 12.7. The highest BCUT2D eigenvalue weighted by Crippen LogP contribution is 2.48. The van der Waals surface area contributed by atoms with E-state index in [1.807, 2.05) is 6.92 Å². The first-order valence-electron chi connectivity index (χ1n) is 7.33. The Morgan fingerprint density at radius 3 is 2.63 bits per heavy atom. The Morgan fingerprint density at radius 1 is 1.37 bits per heavy atom. The number of nitrogens with zero attached hydrogens (tertiary/aromatic N) is 1. The van der Waals surface area contributed by atoms with Gasteiger partial charge in [0.15, 0.2) is 0 Å². The van der Waals surface area contributed by atoms with Crippen molar-refractivity contribution in [2.75, 3.05) is 6.61 Å². The number of carbonyl (C=O) groups excluding carboxylic acids is 2. The predicted molar refractivity (Wildman–Crippen MR) is 69.2 cm³/mol. The summed E-state index contributed by atoms with van der Waals surface area (Å²) in [6.45, 7) is 2.52. The minimum Gasteiger partial charge on any atom is -0.376 e. The highest BCUT2D eigenvalue weighted by atomic mass is 16.5. The second-order valence-corrected chi connectivity index (χ2v) is 6.12. The van der Waals surface area contributed by atoms with Crippen LogP contribution in [0.1, 0.15) is 45.4 Å². The third kappa shape index (κ3) is 1.82. The van der Waals surface area contributed by atoms with Crippen LogP contribution < -0.4 is 5.73 Å². The molecule has 1 aliphatic heterocycles. The van der Waals surface area contributed by atoms with Crippen molar-refractivity contribution < 1.29 is 14.3 Å². The molecule has 3 aliphatic rings. The first-order chi connectivity index (χ1) is 9.09. The van der Waals surface area contributed by atoms with E-state index in [4.69, 9.17) is 10.5 Å². The van der Waals surface area contributed by atoms with Crippen molar-refractivity contribution in [3.8, 4) is 0 Å². The summed E-state index contributed by atoms with van der Waals surface area (Å²) in [5.41, 5.74) is 5.61. The Labute approximate surface area is 113 Å². The van der Waals surface area contributed by atoms with E-state index < -0.39 is 5.41 Å². The van der Waals surface area contributed by atoms with Crippen LogP contribution in [0.3, 0.4) is 0 Å². The van der Waals surface area contributed by atoms with E-state index in [1.54, 1.807) is 0 Å². The van der Waals surface area contributed by atoms with Crippen LogP contribution in [-0.4, -0.2) is 41.5 Å². The highest BCUT2D eigenvalue weighted by molar-refractivity contribution is 6.06. The number of nitrogens with two attached hydrogens (primary N) is 1. The minimum absolute atomic E-state index is 0.0138. The third-order valence-electron chi connectivity index (χ3n) is 4.99. The maximum Gasteiger partial charge on any atom is 0.236 e. The van der Waals surface area contributed by atoms with Gasteiger partial charge >= 0.3 is 0 Å². The summed E-state index contributed by atoms with van der Waals surface area (Å²) < 4.78 is 5.59. The number of likely N-dealkylation sites (tertiary alicyclic amines) is 1. The van der Waals surface area contributed by atoms with E-state index in [9.17, 15) is 9.59 Å². The Morgan fingerprint density at radius 2 is 2.05 bits per heavy atom. The Hall–Kier alpha value is -0.940. The van der Waals surface area contributed by atoms with Crippen LogP contribution in [-0.2, 0) is 14.3 Å². The molecule has 3 rings (SSSR count). The van der Waals surface area contributed by atoms with Gasteiger partial charge in [-0.15, -0.1) is 0 Å². The van der Waals surface area contributed by atoms with Gasteiger partial charge in [0.05, 0.1) is 17.6 Å². The molecule has 5 nitrogen and oxygen atoms in total. The van der Waals surface area contributed by atoms with Gasteiger partial charge in [0.25, 0.3) is 0 Å². The molecule has 1 heterocycles. The Balaban J connectivity index is 1.81. The van der Waals surface area contributed by atoms with E-state index in [0.717, 1.165) is 32.1 Å². The lowest BCUT2D eigenvalue weighted by Crippen LogP contribution is -2.66. The summed E-state index contributed by atoms with van der Waals surface area (Å²) in [6.07, 6.45) is 4.88. The molecule has 0 aromatic carbocycles. The summed E-state index contributed by atoms with van der Waals surface area (Å²) >= 11 is 0. The van der Waals surface area contributed by atoms with Crippen LogP contribution in [0.25, 0.3) is 0 Å². The zero-order chi connectivity index (χ0) is 13.6. The fourth-order valence-electron chi connectivity index (χ4n) is 3.93. The van der Waals surface area contributed by atoms with Crippen molar-refractivity contribution in [2.24, 2.45) is 11.1 Å². The lowest BCUT2D eigenvalue weighted by atomic mass is 9.81. The topological polar surface area (TPSA) is 72.6 Å². The van der Waals surface area contributed by atoms with Crippen molar-refractivity contribution in [3.63, 3.8) is 0 Å². The van der Waals surface area contributed by atoms with Crippen LogP contribution in [0.15, 0.2) is 0 Å². The lowest BCUT2D eigenvalue weighted by Gasteiger charge is -2.46. The maximum absolute atomic E-state index is 12.7. The van der Waals surface area contributed by atoms with Gasteiger partial charge < -0.3 is 10.5 Å². The van der Waals surface area contributed by atoms with Crippen LogP contribution in [0.5, 0.6) is 0 Å². The molecule has 0 aromatic rings. The number of carbonyl (C=O) groups is 2. The summed E-state index contributed by atoms with van der Waals surface area (Å²) in [5, 5.41) is 0. The fraction of sp³-hybridized carbons (Fsp3) is 0.857. The summed E-state index contributed by atoms with van der Waals surface area (Å²) in [7, 11) is 0. The number of hydrogen-bond donors (Lipinski definition) is 1. The van der Waals surface area contributed by atoms with E-state index in [2.05, 4.69) is 0 Å². The van der Waals surface area contributed by atoms with Crippen molar-refractivity contribution in [1.82, 2.24) is 4.90 Å². The Kier molecular flexibility index (Phi) is 3.14. The fourth-order valence-corrected chi connectivity index (χ4v) is 3.93. The molecule has 1 saturated heterocycles. The minimum atomic E-state index is -0.400. The summed E-state index contributed by atoms with van der Waals surface area (Å²) in [4.78, 5) is 26.4. The predicted octanol–water partition coefficient (Wildman–Crippen LogP) is 0.810. The van der Waals surface area contributed by atoms with Crippen molar-refractivity contribution >= 4 is 11.8 Å². The van der Waals surface area contributed by atoms with E-state index in [0.29, 0.717) is 13.0 Å². The third-order valence-corrected chi connectivity index (χ3v) is 4.99. The number of rotatable bonds is 3. The largest absolute Gasteiger partial charge is 0.376 e. The molecular weight excluding hydrogens is 244 g/mol. The number of hydrogen-bond acceptors (Lipinski definition) is 4. The quantitative estimate of drug-likeness (QED) is 0.767. The number of ether oxygens (including phenoxy) is 1. The smallest absolute Gasteiger partial charge is 0.236 e. The molecule has 2 N–H and O–H groups in total. The van der Waals surface area contributed by atoms with Gasteiger partial charge in [0.2, 0.25) is 11.8 Å². The van der Waals surface area contributed by atoms with Crippen LogP contribution >= 0.6 is 0 Å². The van der Waals surface area contributed by atoms with Crippen LogP contribution in [0, 0.1) is 5.41 Å². The summed E-state index contributed by atoms with van der Waals surface area (Å²) in [6, 6.07) is -0.360. The van der Waals surface area contributed by atoms with Crippen LogP contribution in [0.4, 0.5) is 0 Å². The molecule has 2 amide bonds. The number of amides is 2. The van der Waals surface area contributed by atoms with Gasteiger partial charge in [-0.2, -0.15) is 0 Å². The molecule has 3 fully saturated rings. The molecular formula is C14H22N2O3.